The van der Waals surface area contributed by atoms with Crippen molar-refractivity contribution in [3.63, 3.8) is 0 Å². The van der Waals surface area contributed by atoms with Gasteiger partial charge in [-0.1, -0.05) is 18.2 Å². The van der Waals surface area contributed by atoms with Gasteiger partial charge in [0.1, 0.15) is 11.6 Å². The summed E-state index contributed by atoms with van der Waals surface area (Å²) in [6, 6.07) is 16.0. The molecule has 0 spiro atoms. The lowest BCUT2D eigenvalue weighted by Crippen LogP contribution is -2.20. The molecular weight excluding hydrogens is 355 g/mol. The standard InChI is InChI=1S/C21H19FN6/c22-15-10-8-14(9-11-15)18-17-19(23)28(16-6-2-1-3-7-16)26-20(17)25-21(24-18)27-12-4-5-13-27/h1-3,6-11H,4-5,12-13,23H2. The first-order chi connectivity index (χ1) is 13.7. The lowest BCUT2D eigenvalue weighted by Gasteiger charge is -2.16. The van der Waals surface area contributed by atoms with Crippen molar-refractivity contribution in [3.05, 3.63) is 60.4 Å². The first kappa shape index (κ1) is 16.7. The number of aromatic nitrogens is 4. The number of nitrogens with zero attached hydrogens (tertiary/aromatic N) is 5. The van der Waals surface area contributed by atoms with E-state index in [1.54, 1.807) is 16.8 Å². The van der Waals surface area contributed by atoms with Gasteiger partial charge in [-0.25, -0.2) is 14.1 Å². The molecule has 0 saturated carbocycles. The fourth-order valence-corrected chi connectivity index (χ4v) is 3.64. The predicted molar refractivity (Wildman–Crippen MR) is 108 cm³/mol. The van der Waals surface area contributed by atoms with E-state index in [9.17, 15) is 4.39 Å². The highest BCUT2D eigenvalue weighted by Crippen LogP contribution is 2.34. The number of rotatable bonds is 3. The van der Waals surface area contributed by atoms with Gasteiger partial charge in [0.25, 0.3) is 0 Å². The van der Waals surface area contributed by atoms with Gasteiger partial charge in [-0.3, -0.25) is 0 Å². The molecule has 7 heteroatoms. The summed E-state index contributed by atoms with van der Waals surface area (Å²) < 4.78 is 15.1. The Balaban J connectivity index is 1.77. The van der Waals surface area contributed by atoms with Crippen molar-refractivity contribution in [1.29, 1.82) is 0 Å². The SMILES string of the molecule is Nc1c2c(-c3ccc(F)cc3)nc(N3CCCC3)nc2nn1-c1ccccc1. The number of para-hydroxylation sites is 1. The molecule has 140 valence electrons. The number of halogens is 1. The molecular formula is C21H19FN6. The maximum absolute atomic E-state index is 13.5. The van der Waals surface area contributed by atoms with Crippen molar-refractivity contribution in [1.82, 2.24) is 19.7 Å². The molecule has 4 aromatic rings. The summed E-state index contributed by atoms with van der Waals surface area (Å²) in [7, 11) is 0. The van der Waals surface area contributed by atoms with Crippen molar-refractivity contribution in [2.24, 2.45) is 0 Å². The van der Waals surface area contributed by atoms with E-state index in [4.69, 9.17) is 15.7 Å². The maximum atomic E-state index is 13.5. The average molecular weight is 374 g/mol. The minimum Gasteiger partial charge on any atom is -0.383 e. The summed E-state index contributed by atoms with van der Waals surface area (Å²) in [4.78, 5) is 11.7. The number of nitrogen functional groups attached to an aromatic ring is 1. The van der Waals surface area contributed by atoms with E-state index in [1.807, 2.05) is 30.3 Å². The third kappa shape index (κ3) is 2.76. The van der Waals surface area contributed by atoms with Crippen LogP contribution >= 0.6 is 0 Å². The molecule has 1 fully saturated rings. The Kier molecular flexibility index (Phi) is 3.93. The van der Waals surface area contributed by atoms with Crippen molar-refractivity contribution in [2.45, 2.75) is 12.8 Å². The van der Waals surface area contributed by atoms with Crippen LogP contribution in [-0.4, -0.2) is 32.8 Å². The Labute approximate surface area is 161 Å². The second kappa shape index (κ2) is 6.60. The van der Waals surface area contributed by atoms with Crippen LogP contribution in [0.15, 0.2) is 54.6 Å². The van der Waals surface area contributed by atoms with E-state index in [0.717, 1.165) is 37.2 Å². The molecule has 0 atom stereocenters. The van der Waals surface area contributed by atoms with Gasteiger partial charge in [0.05, 0.1) is 16.8 Å². The number of anilines is 2. The lowest BCUT2D eigenvalue weighted by molar-refractivity contribution is 0.628. The molecule has 0 aliphatic carbocycles. The molecule has 0 radical (unpaired) electrons. The molecule has 1 aliphatic heterocycles. The minimum atomic E-state index is -0.290. The normalized spacial score (nSPS) is 14.1. The van der Waals surface area contributed by atoms with Crippen LogP contribution in [0.25, 0.3) is 28.0 Å². The molecule has 3 heterocycles. The summed E-state index contributed by atoms with van der Waals surface area (Å²) >= 11 is 0. The van der Waals surface area contributed by atoms with E-state index in [0.29, 0.717) is 28.5 Å². The quantitative estimate of drug-likeness (QED) is 0.590. The van der Waals surface area contributed by atoms with Gasteiger partial charge in [0.2, 0.25) is 5.95 Å². The fraction of sp³-hybridized carbons (Fsp3) is 0.190. The smallest absolute Gasteiger partial charge is 0.228 e. The molecule has 2 aromatic carbocycles. The van der Waals surface area contributed by atoms with E-state index in [1.165, 1.54) is 12.1 Å². The zero-order valence-electron chi connectivity index (χ0n) is 15.2. The van der Waals surface area contributed by atoms with Crippen LogP contribution in [0.4, 0.5) is 16.2 Å². The largest absolute Gasteiger partial charge is 0.383 e. The highest BCUT2D eigenvalue weighted by Gasteiger charge is 2.22. The van der Waals surface area contributed by atoms with Crippen LogP contribution in [-0.2, 0) is 0 Å². The average Bonchev–Trinajstić information content (AvgIpc) is 3.37. The van der Waals surface area contributed by atoms with Gasteiger partial charge in [0, 0.05) is 18.7 Å². The number of hydrogen-bond donors (Lipinski definition) is 1. The van der Waals surface area contributed by atoms with Gasteiger partial charge in [-0.05, 0) is 49.2 Å². The van der Waals surface area contributed by atoms with Crippen molar-refractivity contribution >= 4 is 22.8 Å². The molecule has 28 heavy (non-hydrogen) atoms. The number of fused-ring (bicyclic) bond motifs is 1. The Hall–Kier alpha value is -3.48. The van der Waals surface area contributed by atoms with Crippen molar-refractivity contribution in [2.75, 3.05) is 23.7 Å². The molecule has 1 saturated heterocycles. The third-order valence-electron chi connectivity index (χ3n) is 5.06. The summed E-state index contributed by atoms with van der Waals surface area (Å²) in [5.41, 5.74) is 9.33. The molecule has 1 aliphatic rings. The minimum absolute atomic E-state index is 0.290. The fourth-order valence-electron chi connectivity index (χ4n) is 3.64. The molecule has 0 unspecified atom stereocenters. The van der Waals surface area contributed by atoms with Gasteiger partial charge < -0.3 is 10.6 Å². The van der Waals surface area contributed by atoms with Crippen LogP contribution in [0.5, 0.6) is 0 Å². The van der Waals surface area contributed by atoms with Crippen LogP contribution in [0, 0.1) is 5.82 Å². The predicted octanol–water partition coefficient (Wildman–Crippen LogP) is 3.80. The van der Waals surface area contributed by atoms with Gasteiger partial charge in [0.15, 0.2) is 5.65 Å². The number of hydrogen-bond acceptors (Lipinski definition) is 5. The maximum Gasteiger partial charge on any atom is 0.228 e. The van der Waals surface area contributed by atoms with Crippen LogP contribution in [0.2, 0.25) is 0 Å². The zero-order valence-corrected chi connectivity index (χ0v) is 15.2. The molecule has 2 aromatic heterocycles. The van der Waals surface area contributed by atoms with Crippen molar-refractivity contribution < 1.29 is 4.39 Å². The second-order valence-electron chi connectivity index (χ2n) is 6.90. The first-order valence-electron chi connectivity index (χ1n) is 9.33. The summed E-state index contributed by atoms with van der Waals surface area (Å²) in [5, 5.41) is 5.34. The molecule has 0 bridgehead atoms. The highest BCUT2D eigenvalue weighted by atomic mass is 19.1. The summed E-state index contributed by atoms with van der Waals surface area (Å²) in [5.74, 6) is 0.817. The van der Waals surface area contributed by atoms with E-state index < -0.39 is 0 Å². The molecule has 6 nitrogen and oxygen atoms in total. The Morgan fingerprint density at radius 1 is 0.893 bits per heavy atom. The topological polar surface area (TPSA) is 72.9 Å². The Bertz CT molecular complexity index is 1130. The summed E-state index contributed by atoms with van der Waals surface area (Å²) in [6.07, 6.45) is 2.24. The highest BCUT2D eigenvalue weighted by molar-refractivity contribution is 5.99. The van der Waals surface area contributed by atoms with E-state index in [-0.39, 0.29) is 5.82 Å². The van der Waals surface area contributed by atoms with Gasteiger partial charge >= 0.3 is 0 Å². The van der Waals surface area contributed by atoms with Gasteiger partial charge in [-0.2, -0.15) is 4.98 Å². The summed E-state index contributed by atoms with van der Waals surface area (Å²) in [6.45, 7) is 1.84. The van der Waals surface area contributed by atoms with E-state index in [2.05, 4.69) is 10.00 Å². The second-order valence-corrected chi connectivity index (χ2v) is 6.90. The van der Waals surface area contributed by atoms with Crippen molar-refractivity contribution in [3.8, 4) is 16.9 Å². The van der Waals surface area contributed by atoms with Crippen LogP contribution in [0.3, 0.4) is 0 Å². The first-order valence-corrected chi connectivity index (χ1v) is 9.33. The molecule has 0 amide bonds. The molecule has 5 rings (SSSR count). The zero-order chi connectivity index (χ0) is 19.1. The monoisotopic (exact) mass is 374 g/mol. The Morgan fingerprint density at radius 3 is 2.32 bits per heavy atom. The van der Waals surface area contributed by atoms with Crippen LogP contribution < -0.4 is 10.6 Å². The Morgan fingerprint density at radius 2 is 1.61 bits per heavy atom. The third-order valence-corrected chi connectivity index (χ3v) is 5.06. The van der Waals surface area contributed by atoms with Crippen LogP contribution in [0.1, 0.15) is 12.8 Å². The molecule has 2 N–H and O–H groups in total. The lowest BCUT2D eigenvalue weighted by atomic mass is 10.1. The number of benzene rings is 2. The number of nitrogens with two attached hydrogens (primary N) is 1. The van der Waals surface area contributed by atoms with E-state index >= 15 is 0 Å². The van der Waals surface area contributed by atoms with Gasteiger partial charge in [-0.15, -0.1) is 5.10 Å².